The third-order valence-electron chi connectivity index (χ3n) is 2.41. The van der Waals surface area contributed by atoms with Gasteiger partial charge in [-0.15, -0.1) is 0 Å². The maximum atomic E-state index is 13.6. The number of ether oxygens (including phenoxy) is 1. The summed E-state index contributed by atoms with van der Waals surface area (Å²) in [6, 6.07) is 4.04. The highest BCUT2D eigenvalue weighted by Crippen LogP contribution is 2.26. The molecular formula is C13H13F2N3O. The first-order valence-electron chi connectivity index (χ1n) is 5.81. The number of nitrogens with zero attached hydrogens (tertiary/aromatic N) is 2. The molecule has 0 atom stereocenters. The highest BCUT2D eigenvalue weighted by atomic mass is 19.1. The zero-order chi connectivity index (χ0) is 13.8. The molecule has 0 aliphatic carbocycles. The van der Waals surface area contributed by atoms with Gasteiger partial charge in [-0.05, 0) is 26.0 Å². The third-order valence-corrected chi connectivity index (χ3v) is 2.41. The standard InChI is InChI=1S/C13H13F2N3O/c1-3-16-12-9(14)7-10(15)13(18-12)19-11-5-4-6-17-8(11)2/h4-7H,3H2,1-2H3,(H,16,18). The Morgan fingerprint density at radius 2 is 2.11 bits per heavy atom. The van der Waals surface area contributed by atoms with E-state index in [4.69, 9.17) is 4.74 Å². The average Bonchev–Trinajstić information content (AvgIpc) is 2.38. The van der Waals surface area contributed by atoms with Crippen LogP contribution in [0.1, 0.15) is 12.6 Å². The van der Waals surface area contributed by atoms with Crippen LogP contribution in [0.5, 0.6) is 11.6 Å². The molecule has 0 amide bonds. The quantitative estimate of drug-likeness (QED) is 0.921. The van der Waals surface area contributed by atoms with Crippen LogP contribution in [0.15, 0.2) is 24.4 Å². The molecule has 2 aromatic heterocycles. The van der Waals surface area contributed by atoms with E-state index in [-0.39, 0.29) is 11.7 Å². The van der Waals surface area contributed by atoms with Crippen LogP contribution in [0.3, 0.4) is 0 Å². The van der Waals surface area contributed by atoms with Crippen molar-refractivity contribution in [2.45, 2.75) is 13.8 Å². The third kappa shape index (κ3) is 2.96. The van der Waals surface area contributed by atoms with E-state index >= 15 is 0 Å². The number of aryl methyl sites for hydroxylation is 1. The molecular weight excluding hydrogens is 252 g/mol. The maximum Gasteiger partial charge on any atom is 0.258 e. The van der Waals surface area contributed by atoms with E-state index in [1.807, 2.05) is 0 Å². The minimum absolute atomic E-state index is 0.0413. The maximum absolute atomic E-state index is 13.6. The predicted molar refractivity (Wildman–Crippen MR) is 67.4 cm³/mol. The lowest BCUT2D eigenvalue weighted by molar-refractivity contribution is 0.414. The first-order valence-corrected chi connectivity index (χ1v) is 5.81. The second-order valence-corrected chi connectivity index (χ2v) is 3.83. The molecule has 0 saturated heterocycles. The van der Waals surface area contributed by atoms with Gasteiger partial charge in [0, 0.05) is 18.8 Å². The molecule has 4 nitrogen and oxygen atoms in total. The van der Waals surface area contributed by atoms with E-state index in [0.717, 1.165) is 6.07 Å². The number of pyridine rings is 2. The molecule has 0 radical (unpaired) electrons. The molecule has 0 unspecified atom stereocenters. The van der Waals surface area contributed by atoms with Crippen LogP contribution in [-0.2, 0) is 0 Å². The number of halogens is 2. The highest BCUT2D eigenvalue weighted by molar-refractivity contribution is 5.41. The molecule has 2 rings (SSSR count). The summed E-state index contributed by atoms with van der Waals surface area (Å²) in [5.41, 5.74) is 0.595. The summed E-state index contributed by atoms with van der Waals surface area (Å²) < 4.78 is 32.3. The number of aromatic nitrogens is 2. The minimum atomic E-state index is -0.859. The second-order valence-electron chi connectivity index (χ2n) is 3.83. The number of hydrogen-bond donors (Lipinski definition) is 1. The molecule has 0 bridgehead atoms. The Bertz CT molecular complexity index is 590. The summed E-state index contributed by atoms with van der Waals surface area (Å²) in [5.74, 6) is -1.56. The van der Waals surface area contributed by atoms with Crippen LogP contribution in [0.4, 0.5) is 14.6 Å². The normalized spacial score (nSPS) is 10.3. The Labute approximate surface area is 109 Å². The van der Waals surface area contributed by atoms with Gasteiger partial charge in [-0.25, -0.2) is 8.78 Å². The zero-order valence-electron chi connectivity index (χ0n) is 10.6. The smallest absolute Gasteiger partial charge is 0.258 e. The van der Waals surface area contributed by atoms with Crippen molar-refractivity contribution in [3.8, 4) is 11.6 Å². The molecule has 2 aromatic rings. The van der Waals surface area contributed by atoms with Crippen molar-refractivity contribution < 1.29 is 13.5 Å². The molecule has 2 heterocycles. The van der Waals surface area contributed by atoms with Crippen molar-refractivity contribution >= 4 is 5.82 Å². The highest BCUT2D eigenvalue weighted by Gasteiger charge is 2.14. The minimum Gasteiger partial charge on any atom is -0.434 e. The van der Waals surface area contributed by atoms with E-state index < -0.39 is 11.6 Å². The summed E-state index contributed by atoms with van der Waals surface area (Å²) in [6.07, 6.45) is 1.60. The Kier molecular flexibility index (Phi) is 3.89. The topological polar surface area (TPSA) is 47.0 Å². The monoisotopic (exact) mass is 265 g/mol. The number of nitrogens with one attached hydrogen (secondary N) is 1. The Morgan fingerprint density at radius 1 is 1.32 bits per heavy atom. The zero-order valence-corrected chi connectivity index (χ0v) is 10.6. The van der Waals surface area contributed by atoms with Crippen LogP contribution in [0, 0.1) is 18.6 Å². The van der Waals surface area contributed by atoms with Gasteiger partial charge < -0.3 is 10.1 Å². The summed E-state index contributed by atoms with van der Waals surface area (Å²) in [6.45, 7) is 3.99. The van der Waals surface area contributed by atoms with Gasteiger partial charge in [0.15, 0.2) is 23.2 Å². The Hall–Kier alpha value is -2.24. The van der Waals surface area contributed by atoms with Crippen molar-refractivity contribution in [3.05, 3.63) is 41.7 Å². The lowest BCUT2D eigenvalue weighted by Crippen LogP contribution is -2.05. The van der Waals surface area contributed by atoms with Gasteiger partial charge in [-0.1, -0.05) is 0 Å². The summed E-state index contributed by atoms with van der Waals surface area (Å²) in [7, 11) is 0. The van der Waals surface area contributed by atoms with Crippen molar-refractivity contribution in [1.82, 2.24) is 9.97 Å². The SMILES string of the molecule is CCNc1nc(Oc2cccnc2C)c(F)cc1F. The van der Waals surface area contributed by atoms with Gasteiger partial charge >= 0.3 is 0 Å². The molecule has 0 fully saturated rings. The van der Waals surface area contributed by atoms with E-state index in [0.29, 0.717) is 18.0 Å². The van der Waals surface area contributed by atoms with Crippen LogP contribution in [0.2, 0.25) is 0 Å². The molecule has 19 heavy (non-hydrogen) atoms. The largest absolute Gasteiger partial charge is 0.434 e. The predicted octanol–water partition coefficient (Wildman–Crippen LogP) is 3.29. The fraction of sp³-hybridized carbons (Fsp3) is 0.231. The molecule has 100 valence electrons. The van der Waals surface area contributed by atoms with E-state index in [1.54, 1.807) is 32.2 Å². The number of rotatable bonds is 4. The number of anilines is 1. The molecule has 0 aliphatic rings. The Morgan fingerprint density at radius 3 is 2.79 bits per heavy atom. The van der Waals surface area contributed by atoms with E-state index in [1.165, 1.54) is 0 Å². The average molecular weight is 265 g/mol. The first-order chi connectivity index (χ1) is 9.11. The molecule has 0 aromatic carbocycles. The lowest BCUT2D eigenvalue weighted by Gasteiger charge is -2.10. The molecule has 0 spiro atoms. The van der Waals surface area contributed by atoms with Gasteiger partial charge in [-0.2, -0.15) is 4.98 Å². The Balaban J connectivity index is 2.34. The summed E-state index contributed by atoms with van der Waals surface area (Å²) >= 11 is 0. The fourth-order valence-electron chi connectivity index (χ4n) is 1.49. The van der Waals surface area contributed by atoms with Gasteiger partial charge in [0.25, 0.3) is 5.88 Å². The van der Waals surface area contributed by atoms with Gasteiger partial charge in [0.2, 0.25) is 0 Å². The van der Waals surface area contributed by atoms with Crippen LogP contribution >= 0.6 is 0 Å². The molecule has 1 N–H and O–H groups in total. The number of hydrogen-bond acceptors (Lipinski definition) is 4. The molecule has 0 saturated carbocycles. The van der Waals surface area contributed by atoms with Crippen LogP contribution < -0.4 is 10.1 Å². The van der Waals surface area contributed by atoms with E-state index in [9.17, 15) is 8.78 Å². The fourth-order valence-corrected chi connectivity index (χ4v) is 1.49. The van der Waals surface area contributed by atoms with Crippen molar-refractivity contribution in [2.24, 2.45) is 0 Å². The van der Waals surface area contributed by atoms with E-state index in [2.05, 4.69) is 15.3 Å². The van der Waals surface area contributed by atoms with Crippen molar-refractivity contribution in [1.29, 1.82) is 0 Å². The van der Waals surface area contributed by atoms with Gasteiger partial charge in [0.05, 0.1) is 5.69 Å². The molecule has 0 aliphatic heterocycles. The van der Waals surface area contributed by atoms with Crippen LogP contribution in [-0.4, -0.2) is 16.5 Å². The molecule has 6 heteroatoms. The van der Waals surface area contributed by atoms with Crippen molar-refractivity contribution in [3.63, 3.8) is 0 Å². The van der Waals surface area contributed by atoms with Gasteiger partial charge in [-0.3, -0.25) is 4.98 Å². The summed E-state index contributed by atoms with van der Waals surface area (Å²) in [5, 5.41) is 2.70. The second kappa shape index (κ2) is 5.60. The lowest BCUT2D eigenvalue weighted by atomic mass is 10.3. The first kappa shape index (κ1) is 13.2. The van der Waals surface area contributed by atoms with Crippen molar-refractivity contribution in [2.75, 3.05) is 11.9 Å². The van der Waals surface area contributed by atoms with Gasteiger partial charge in [0.1, 0.15) is 0 Å². The summed E-state index contributed by atoms with van der Waals surface area (Å²) in [4.78, 5) is 7.80. The van der Waals surface area contributed by atoms with Crippen LogP contribution in [0.25, 0.3) is 0 Å².